The van der Waals surface area contributed by atoms with Gasteiger partial charge in [0.25, 0.3) is 0 Å². The van der Waals surface area contributed by atoms with Crippen LogP contribution in [0.3, 0.4) is 0 Å². The molecule has 0 amide bonds. The van der Waals surface area contributed by atoms with E-state index in [0.29, 0.717) is 18.0 Å². The third-order valence-corrected chi connectivity index (χ3v) is 6.11. The van der Waals surface area contributed by atoms with Gasteiger partial charge in [0.15, 0.2) is 0 Å². The summed E-state index contributed by atoms with van der Waals surface area (Å²) in [6.45, 7) is 16.4. The first-order valence-corrected chi connectivity index (χ1v) is 10.3. The van der Waals surface area contributed by atoms with Gasteiger partial charge in [0, 0.05) is 44.8 Å². The van der Waals surface area contributed by atoms with Crippen molar-refractivity contribution in [1.29, 1.82) is 0 Å². The second-order valence-electron chi connectivity index (χ2n) is 8.64. The van der Waals surface area contributed by atoms with Crippen LogP contribution in [0.15, 0.2) is 24.3 Å². The molecule has 0 spiro atoms. The molecule has 1 aromatic carbocycles. The molecule has 1 aromatic rings. The van der Waals surface area contributed by atoms with Crippen LogP contribution in [0.2, 0.25) is 0 Å². The lowest BCUT2D eigenvalue weighted by atomic mass is 9.95. The molecule has 2 heterocycles. The van der Waals surface area contributed by atoms with Crippen molar-refractivity contribution in [3.8, 4) is 0 Å². The number of nitrogens with one attached hydrogen (secondary N) is 1. The van der Waals surface area contributed by atoms with Gasteiger partial charge in [-0.15, -0.1) is 0 Å². The van der Waals surface area contributed by atoms with E-state index in [4.69, 9.17) is 0 Å². The van der Waals surface area contributed by atoms with Crippen LogP contribution in [0, 0.1) is 5.92 Å². The van der Waals surface area contributed by atoms with E-state index in [9.17, 15) is 0 Å². The zero-order valence-corrected chi connectivity index (χ0v) is 16.7. The van der Waals surface area contributed by atoms with Gasteiger partial charge in [-0.2, -0.15) is 0 Å². The average Bonchev–Trinajstić information content (AvgIpc) is 2.61. The van der Waals surface area contributed by atoms with Crippen molar-refractivity contribution in [2.45, 2.75) is 58.5 Å². The summed E-state index contributed by atoms with van der Waals surface area (Å²) in [6.07, 6.45) is 2.76. The van der Waals surface area contributed by atoms with Crippen molar-refractivity contribution in [2.24, 2.45) is 5.92 Å². The third kappa shape index (κ3) is 4.84. The van der Waals surface area contributed by atoms with Crippen molar-refractivity contribution in [2.75, 3.05) is 39.3 Å². The zero-order valence-electron chi connectivity index (χ0n) is 16.7. The molecule has 25 heavy (non-hydrogen) atoms. The van der Waals surface area contributed by atoms with E-state index in [0.717, 1.165) is 25.6 Å². The molecule has 1 N–H and O–H groups in total. The van der Waals surface area contributed by atoms with Crippen LogP contribution in [-0.4, -0.2) is 55.1 Å². The monoisotopic (exact) mass is 343 g/mol. The highest BCUT2D eigenvalue weighted by Crippen LogP contribution is 2.28. The quantitative estimate of drug-likeness (QED) is 0.875. The number of hydrogen-bond acceptors (Lipinski definition) is 3. The Morgan fingerprint density at radius 3 is 2.44 bits per heavy atom. The van der Waals surface area contributed by atoms with E-state index in [1.807, 2.05) is 0 Å². The topological polar surface area (TPSA) is 18.5 Å². The lowest BCUT2D eigenvalue weighted by Crippen LogP contribution is -2.53. The van der Waals surface area contributed by atoms with Crippen molar-refractivity contribution in [3.05, 3.63) is 35.4 Å². The highest BCUT2D eigenvalue weighted by atomic mass is 15.3. The number of nitrogens with zero attached hydrogens (tertiary/aromatic N) is 2. The van der Waals surface area contributed by atoms with Crippen molar-refractivity contribution in [1.82, 2.24) is 15.1 Å². The fourth-order valence-electron chi connectivity index (χ4n) is 4.52. The second kappa shape index (κ2) is 8.66. The number of benzene rings is 1. The molecule has 3 heteroatoms. The van der Waals surface area contributed by atoms with Crippen molar-refractivity contribution in [3.63, 3.8) is 0 Å². The number of piperidine rings is 1. The van der Waals surface area contributed by atoms with Gasteiger partial charge < -0.3 is 10.2 Å². The third-order valence-electron chi connectivity index (χ3n) is 6.11. The van der Waals surface area contributed by atoms with Gasteiger partial charge in [-0.25, -0.2) is 0 Å². The van der Waals surface area contributed by atoms with E-state index in [-0.39, 0.29) is 0 Å². The summed E-state index contributed by atoms with van der Waals surface area (Å²) in [4.78, 5) is 5.45. The summed E-state index contributed by atoms with van der Waals surface area (Å²) in [5.41, 5.74) is 2.94. The summed E-state index contributed by atoms with van der Waals surface area (Å²) < 4.78 is 0. The molecule has 0 radical (unpaired) electrons. The van der Waals surface area contributed by atoms with E-state index in [2.05, 4.69) is 67.1 Å². The molecule has 0 bridgehead atoms. The summed E-state index contributed by atoms with van der Waals surface area (Å²) in [5.74, 6) is 1.45. The summed E-state index contributed by atoms with van der Waals surface area (Å²) in [6, 6.07) is 10.6. The van der Waals surface area contributed by atoms with Gasteiger partial charge in [-0.1, -0.05) is 45.0 Å². The van der Waals surface area contributed by atoms with Crippen LogP contribution < -0.4 is 5.32 Å². The number of likely N-dealkylation sites (tertiary alicyclic amines) is 1. The minimum atomic E-state index is 0.517. The maximum atomic E-state index is 3.55. The molecule has 0 aromatic heterocycles. The Hall–Kier alpha value is -0.900. The molecule has 2 aliphatic heterocycles. The first kappa shape index (κ1) is 18.9. The molecule has 2 saturated heterocycles. The number of hydrogen-bond donors (Lipinski definition) is 1. The van der Waals surface area contributed by atoms with Gasteiger partial charge in [-0.3, -0.25) is 4.90 Å². The van der Waals surface area contributed by atoms with Gasteiger partial charge >= 0.3 is 0 Å². The lowest BCUT2D eigenvalue weighted by Gasteiger charge is -2.43. The standard InChI is InChI=1S/C22H37N3/c1-17(2)20-7-9-21(10-8-20)22(25-13-11-23-14-19(25)4)16-24-12-5-6-18(3)15-24/h7-10,17-19,22-23H,5-6,11-16H2,1-4H3. The number of rotatable bonds is 5. The molecule has 2 aliphatic rings. The van der Waals surface area contributed by atoms with E-state index in [1.165, 1.54) is 43.6 Å². The van der Waals surface area contributed by atoms with Crippen molar-refractivity contribution < 1.29 is 0 Å². The number of piperazine rings is 1. The largest absolute Gasteiger partial charge is 0.314 e. The molecular formula is C22H37N3. The van der Waals surface area contributed by atoms with Gasteiger partial charge in [-0.05, 0) is 49.3 Å². The molecule has 0 saturated carbocycles. The smallest absolute Gasteiger partial charge is 0.0479 e. The van der Waals surface area contributed by atoms with Gasteiger partial charge in [0.2, 0.25) is 0 Å². The molecule has 3 atom stereocenters. The maximum Gasteiger partial charge on any atom is 0.0479 e. The molecular weight excluding hydrogens is 306 g/mol. The molecule has 2 fully saturated rings. The van der Waals surface area contributed by atoms with E-state index in [1.54, 1.807) is 0 Å². The van der Waals surface area contributed by atoms with Crippen LogP contribution in [0.5, 0.6) is 0 Å². The van der Waals surface area contributed by atoms with Gasteiger partial charge in [0.05, 0.1) is 0 Å². The highest BCUT2D eigenvalue weighted by molar-refractivity contribution is 5.27. The summed E-state index contributed by atoms with van der Waals surface area (Å²) in [7, 11) is 0. The first-order valence-electron chi connectivity index (χ1n) is 10.3. The molecule has 3 unspecified atom stereocenters. The van der Waals surface area contributed by atoms with E-state index >= 15 is 0 Å². The molecule has 0 aliphatic carbocycles. The molecule has 140 valence electrons. The Kier molecular flexibility index (Phi) is 6.54. The average molecular weight is 344 g/mol. The molecule has 3 rings (SSSR count). The zero-order chi connectivity index (χ0) is 17.8. The normalized spacial score (nSPS) is 27.6. The van der Waals surface area contributed by atoms with E-state index < -0.39 is 0 Å². The van der Waals surface area contributed by atoms with Crippen LogP contribution in [0.4, 0.5) is 0 Å². The minimum Gasteiger partial charge on any atom is -0.314 e. The fraction of sp³-hybridized carbons (Fsp3) is 0.727. The maximum absolute atomic E-state index is 3.55. The Morgan fingerprint density at radius 1 is 1.08 bits per heavy atom. The van der Waals surface area contributed by atoms with Crippen LogP contribution >= 0.6 is 0 Å². The predicted octanol–water partition coefficient (Wildman–Crippen LogP) is 3.88. The predicted molar refractivity (Wildman–Crippen MR) is 107 cm³/mol. The summed E-state index contributed by atoms with van der Waals surface area (Å²) in [5, 5.41) is 3.55. The second-order valence-corrected chi connectivity index (χ2v) is 8.64. The lowest BCUT2D eigenvalue weighted by molar-refractivity contribution is 0.0700. The Bertz CT molecular complexity index is 525. The SMILES string of the molecule is CC1CCCN(CC(c2ccc(C(C)C)cc2)N2CCNCC2C)C1. The summed E-state index contributed by atoms with van der Waals surface area (Å²) >= 11 is 0. The Morgan fingerprint density at radius 2 is 1.80 bits per heavy atom. The molecule has 3 nitrogen and oxygen atoms in total. The van der Waals surface area contributed by atoms with Crippen LogP contribution in [0.25, 0.3) is 0 Å². The Labute approximate surface area is 154 Å². The van der Waals surface area contributed by atoms with Gasteiger partial charge in [0.1, 0.15) is 0 Å². The van der Waals surface area contributed by atoms with Crippen LogP contribution in [-0.2, 0) is 0 Å². The van der Waals surface area contributed by atoms with Crippen molar-refractivity contribution >= 4 is 0 Å². The fourth-order valence-corrected chi connectivity index (χ4v) is 4.52. The first-order chi connectivity index (χ1) is 12.0. The minimum absolute atomic E-state index is 0.517. The van der Waals surface area contributed by atoms with Crippen LogP contribution in [0.1, 0.15) is 63.6 Å². The Balaban J connectivity index is 1.80. The highest BCUT2D eigenvalue weighted by Gasteiger charge is 2.29.